The molecule has 4 aromatic rings. The van der Waals surface area contributed by atoms with Gasteiger partial charge in [0.25, 0.3) is 6.01 Å². The van der Waals surface area contributed by atoms with E-state index in [1.54, 1.807) is 25.3 Å². The van der Waals surface area contributed by atoms with E-state index in [4.69, 9.17) is 32.7 Å². The maximum atomic E-state index is 12.3. The molecule has 33 heavy (non-hydrogen) atoms. The molecule has 2 heterocycles. The van der Waals surface area contributed by atoms with Gasteiger partial charge in [-0.3, -0.25) is 18.9 Å². The zero-order chi connectivity index (χ0) is 23.9. The Morgan fingerprint density at radius 1 is 1.18 bits per heavy atom. The third-order valence-corrected chi connectivity index (χ3v) is 5.36. The van der Waals surface area contributed by atoms with Gasteiger partial charge in [-0.25, -0.2) is 4.79 Å². The molecule has 2 aromatic carbocycles. The first-order valence-corrected chi connectivity index (χ1v) is 10.6. The number of halogens is 2. The van der Waals surface area contributed by atoms with Crippen LogP contribution >= 0.6 is 23.2 Å². The van der Waals surface area contributed by atoms with Gasteiger partial charge in [0.2, 0.25) is 11.6 Å². The van der Waals surface area contributed by atoms with E-state index in [0.29, 0.717) is 17.3 Å². The number of imidazole rings is 1. The number of ether oxygens (including phenoxy) is 2. The molecule has 0 saturated carbocycles. The van der Waals surface area contributed by atoms with Gasteiger partial charge < -0.3 is 9.47 Å². The molecule has 0 bridgehead atoms. The van der Waals surface area contributed by atoms with Crippen LogP contribution in [-0.4, -0.2) is 32.6 Å². The molecule has 0 aliphatic carbocycles. The molecule has 11 heteroatoms. The summed E-state index contributed by atoms with van der Waals surface area (Å²) in [6.45, 7) is 6.14. The first-order chi connectivity index (χ1) is 15.6. The van der Waals surface area contributed by atoms with E-state index >= 15 is 0 Å². The van der Waals surface area contributed by atoms with E-state index in [9.17, 15) is 9.59 Å². The Morgan fingerprint density at radius 2 is 1.88 bits per heavy atom. The average molecular weight is 491 g/mol. The van der Waals surface area contributed by atoms with Crippen LogP contribution < -0.4 is 15.2 Å². The summed E-state index contributed by atoms with van der Waals surface area (Å²) < 4.78 is 17.8. The molecule has 0 amide bonds. The van der Waals surface area contributed by atoms with Crippen molar-refractivity contribution in [1.29, 1.82) is 0 Å². The van der Waals surface area contributed by atoms with Crippen molar-refractivity contribution >= 4 is 40.0 Å². The molecule has 0 spiro atoms. The molecule has 0 atom stereocenters. The van der Waals surface area contributed by atoms with Crippen LogP contribution in [0.25, 0.3) is 11.0 Å². The predicted octanol–water partition coefficient (Wildman–Crippen LogP) is 5.00. The summed E-state index contributed by atoms with van der Waals surface area (Å²) in [7, 11) is 1.58. The molecule has 0 radical (unpaired) electrons. The monoisotopic (exact) mass is 490 g/mol. The van der Waals surface area contributed by atoms with Crippen LogP contribution in [0.15, 0.2) is 39.6 Å². The van der Waals surface area contributed by atoms with Crippen LogP contribution in [0.2, 0.25) is 10.0 Å². The van der Waals surface area contributed by atoms with E-state index < -0.39 is 11.5 Å². The minimum Gasteiger partial charge on any atom is -0.468 e. The van der Waals surface area contributed by atoms with Gasteiger partial charge in [0.1, 0.15) is 5.75 Å². The summed E-state index contributed by atoms with van der Waals surface area (Å²) in [5.74, 6) is -0.676. The lowest BCUT2D eigenvalue weighted by atomic mass is 10.1. The van der Waals surface area contributed by atoms with E-state index in [2.05, 4.69) is 19.6 Å². The Hall–Kier alpha value is -3.30. The fourth-order valence-electron chi connectivity index (χ4n) is 3.43. The third-order valence-electron chi connectivity index (χ3n) is 4.80. The lowest BCUT2D eigenvalue weighted by Crippen LogP contribution is -2.22. The Bertz CT molecular complexity index is 1390. The fourth-order valence-corrected chi connectivity index (χ4v) is 4.04. The van der Waals surface area contributed by atoms with Crippen LogP contribution in [0.1, 0.15) is 37.0 Å². The first kappa shape index (κ1) is 22.9. The molecule has 2 aromatic heterocycles. The number of fused-ring (bicyclic) bond motifs is 1. The molecule has 0 saturated heterocycles. The number of carbonyl (C=O) groups is 1. The number of nitrogens with zero attached hydrogens (tertiary/aromatic N) is 3. The summed E-state index contributed by atoms with van der Waals surface area (Å²) in [5.41, 5.74) is 1.83. The highest BCUT2D eigenvalue weighted by Gasteiger charge is 2.23. The molecule has 1 N–H and O–H groups in total. The van der Waals surface area contributed by atoms with Crippen molar-refractivity contribution in [2.75, 3.05) is 7.11 Å². The minimum absolute atomic E-state index is 0.0846. The predicted molar refractivity (Wildman–Crippen MR) is 123 cm³/mol. The highest BCUT2D eigenvalue weighted by Crippen LogP contribution is 2.39. The number of ketones is 1. The summed E-state index contributed by atoms with van der Waals surface area (Å²) in [6.07, 6.45) is -0.0846. The summed E-state index contributed by atoms with van der Waals surface area (Å²) in [5, 5.41) is 3.83. The van der Waals surface area contributed by atoms with Crippen molar-refractivity contribution in [2.45, 2.75) is 32.7 Å². The number of carbonyl (C=O) groups excluding carboxylic acids is 1. The maximum Gasteiger partial charge on any atom is 0.439 e. The van der Waals surface area contributed by atoms with Crippen LogP contribution in [0.5, 0.6) is 17.5 Å². The molecule has 172 valence electrons. The number of benzene rings is 2. The Morgan fingerprint density at radius 3 is 2.45 bits per heavy atom. The van der Waals surface area contributed by atoms with Crippen LogP contribution in [0.3, 0.4) is 0 Å². The molecular weight excluding hydrogens is 471 g/mol. The standard InChI is InChI=1S/C22H20Cl2N4O5/c1-22(2,3)28-16-10-12(5-6-15(16)25-20(28)31-4)32-18-13(23)7-11(8-14(18)24)9-17(29)19-26-21(30)33-27-19/h5-8,10H,9H2,1-4H3,(H,26,27,30). The number of hydrogen-bond donors (Lipinski definition) is 1. The molecule has 0 aliphatic rings. The SMILES string of the molecule is COc1nc2ccc(Oc3c(Cl)cc(CC(=O)c4noc(=O)[nH]4)cc3Cl)cc2n1C(C)(C)C. The number of rotatable bonds is 6. The second-order valence-corrected chi connectivity index (χ2v) is 9.10. The maximum absolute atomic E-state index is 12.3. The smallest absolute Gasteiger partial charge is 0.439 e. The summed E-state index contributed by atoms with van der Waals surface area (Å²) in [4.78, 5) is 30.0. The van der Waals surface area contributed by atoms with Gasteiger partial charge in [-0.05, 0) is 50.6 Å². The fraction of sp³-hybridized carbons (Fsp3) is 0.273. The van der Waals surface area contributed by atoms with E-state index in [1.165, 1.54) is 0 Å². The van der Waals surface area contributed by atoms with Gasteiger partial charge in [0, 0.05) is 18.0 Å². The largest absolute Gasteiger partial charge is 0.468 e. The molecule has 0 fully saturated rings. The van der Waals surface area contributed by atoms with E-state index in [-0.39, 0.29) is 33.6 Å². The van der Waals surface area contributed by atoms with Gasteiger partial charge >= 0.3 is 5.76 Å². The highest BCUT2D eigenvalue weighted by atomic mass is 35.5. The van der Waals surface area contributed by atoms with Crippen molar-refractivity contribution in [1.82, 2.24) is 19.7 Å². The van der Waals surface area contributed by atoms with Crippen molar-refractivity contribution < 1.29 is 18.8 Å². The van der Waals surface area contributed by atoms with Gasteiger partial charge in [0.05, 0.1) is 28.2 Å². The number of aromatic nitrogens is 4. The normalized spacial score (nSPS) is 11.7. The highest BCUT2D eigenvalue weighted by molar-refractivity contribution is 6.37. The zero-order valence-electron chi connectivity index (χ0n) is 18.2. The average Bonchev–Trinajstić information content (AvgIpc) is 3.33. The van der Waals surface area contributed by atoms with Gasteiger partial charge in [0.15, 0.2) is 5.75 Å². The first-order valence-electron chi connectivity index (χ1n) is 9.89. The zero-order valence-corrected chi connectivity index (χ0v) is 19.7. The second kappa shape index (κ2) is 8.57. The van der Waals surface area contributed by atoms with Crippen molar-refractivity contribution in [3.8, 4) is 17.5 Å². The number of aromatic amines is 1. The Labute approximate surface area is 198 Å². The summed E-state index contributed by atoms with van der Waals surface area (Å²) >= 11 is 12.8. The number of nitrogens with one attached hydrogen (secondary N) is 1. The Kier molecular flexibility index (Phi) is 5.94. The third kappa shape index (κ3) is 4.60. The minimum atomic E-state index is -0.805. The molecule has 4 rings (SSSR count). The molecule has 0 aliphatic heterocycles. The van der Waals surface area contributed by atoms with Crippen LogP contribution in [0.4, 0.5) is 0 Å². The second-order valence-electron chi connectivity index (χ2n) is 8.29. The van der Waals surface area contributed by atoms with Gasteiger partial charge in [-0.15, -0.1) is 0 Å². The topological polar surface area (TPSA) is 112 Å². The lowest BCUT2D eigenvalue weighted by molar-refractivity contribution is 0.0980. The molecular formula is C22H20Cl2N4O5. The van der Waals surface area contributed by atoms with E-state index in [1.807, 2.05) is 37.5 Å². The Balaban J connectivity index is 1.64. The van der Waals surface area contributed by atoms with E-state index in [0.717, 1.165) is 11.0 Å². The lowest BCUT2D eigenvalue weighted by Gasteiger charge is -2.23. The van der Waals surface area contributed by atoms with Crippen LogP contribution in [-0.2, 0) is 12.0 Å². The quantitative estimate of drug-likeness (QED) is 0.378. The number of H-pyrrole nitrogens is 1. The van der Waals surface area contributed by atoms with Crippen molar-refractivity contribution in [2.24, 2.45) is 0 Å². The number of Topliss-reactive ketones (excluding diaryl/α,β-unsaturated/α-hetero) is 1. The van der Waals surface area contributed by atoms with Crippen LogP contribution in [0, 0.1) is 0 Å². The summed E-state index contributed by atoms with van der Waals surface area (Å²) in [6, 6.07) is 9.05. The molecule has 9 nitrogen and oxygen atoms in total. The van der Waals surface area contributed by atoms with Gasteiger partial charge in [-0.1, -0.05) is 28.4 Å². The number of hydrogen-bond acceptors (Lipinski definition) is 7. The van der Waals surface area contributed by atoms with Crippen molar-refractivity contribution in [3.63, 3.8) is 0 Å². The van der Waals surface area contributed by atoms with Crippen molar-refractivity contribution in [3.05, 3.63) is 62.3 Å². The molecule has 0 unspecified atom stereocenters. The van der Waals surface area contributed by atoms with Gasteiger partial charge in [-0.2, -0.15) is 4.98 Å². The number of methoxy groups -OCH3 is 1.